The van der Waals surface area contributed by atoms with Gasteiger partial charge in [-0.1, -0.05) is 20.8 Å². The zero-order valence-electron chi connectivity index (χ0n) is 12.1. The highest BCUT2D eigenvalue weighted by Gasteiger charge is 2.22. The predicted octanol–water partition coefficient (Wildman–Crippen LogP) is 2.49. The Hall–Kier alpha value is -0.430. The maximum atomic E-state index is 12.3. The third-order valence-corrected chi connectivity index (χ3v) is 5.73. The quantitative estimate of drug-likeness (QED) is 0.776. The van der Waals surface area contributed by atoms with E-state index in [9.17, 15) is 8.42 Å². The summed E-state index contributed by atoms with van der Waals surface area (Å²) in [6, 6.07) is 0. The summed E-state index contributed by atoms with van der Waals surface area (Å²) < 4.78 is 27.4. The van der Waals surface area contributed by atoms with Crippen molar-refractivity contribution in [1.82, 2.24) is 10.0 Å². The molecule has 1 aromatic rings. The van der Waals surface area contributed by atoms with E-state index in [1.807, 2.05) is 19.2 Å². The molecule has 0 saturated heterocycles. The SMILES string of the molecule is CCNCc1scc(C)c1S(=O)(=O)NCCC(C)C. The van der Waals surface area contributed by atoms with Crippen molar-refractivity contribution in [3.63, 3.8) is 0 Å². The van der Waals surface area contributed by atoms with E-state index in [0.717, 1.165) is 23.4 Å². The van der Waals surface area contributed by atoms with Crippen molar-refractivity contribution >= 4 is 21.4 Å². The van der Waals surface area contributed by atoms with Gasteiger partial charge in [0, 0.05) is 18.0 Å². The zero-order chi connectivity index (χ0) is 14.5. The zero-order valence-corrected chi connectivity index (χ0v) is 13.7. The van der Waals surface area contributed by atoms with Crippen LogP contribution in [0.5, 0.6) is 0 Å². The van der Waals surface area contributed by atoms with Crippen molar-refractivity contribution < 1.29 is 8.42 Å². The molecule has 4 nitrogen and oxygen atoms in total. The van der Waals surface area contributed by atoms with Gasteiger partial charge in [-0.05, 0) is 36.8 Å². The smallest absolute Gasteiger partial charge is 0.241 e. The van der Waals surface area contributed by atoms with E-state index in [0.29, 0.717) is 23.9 Å². The molecule has 2 N–H and O–H groups in total. The van der Waals surface area contributed by atoms with Gasteiger partial charge in [0.15, 0.2) is 0 Å². The molecule has 0 saturated carbocycles. The summed E-state index contributed by atoms with van der Waals surface area (Å²) in [6.07, 6.45) is 0.852. The topological polar surface area (TPSA) is 58.2 Å². The molecule has 0 radical (unpaired) electrons. The summed E-state index contributed by atoms with van der Waals surface area (Å²) in [4.78, 5) is 1.35. The Labute approximate surface area is 120 Å². The van der Waals surface area contributed by atoms with Crippen LogP contribution in [0.15, 0.2) is 10.3 Å². The van der Waals surface area contributed by atoms with E-state index in [1.54, 1.807) is 0 Å². The summed E-state index contributed by atoms with van der Waals surface area (Å²) in [5.74, 6) is 0.493. The van der Waals surface area contributed by atoms with Crippen LogP contribution >= 0.6 is 11.3 Å². The Kier molecular flexibility index (Phi) is 6.46. The molecule has 110 valence electrons. The van der Waals surface area contributed by atoms with Gasteiger partial charge in [-0.15, -0.1) is 11.3 Å². The van der Waals surface area contributed by atoms with Crippen LogP contribution in [0.1, 0.15) is 37.6 Å². The van der Waals surface area contributed by atoms with E-state index < -0.39 is 10.0 Å². The van der Waals surface area contributed by atoms with Crippen molar-refractivity contribution in [3.8, 4) is 0 Å². The lowest BCUT2D eigenvalue weighted by molar-refractivity contribution is 0.550. The highest BCUT2D eigenvalue weighted by atomic mass is 32.2. The van der Waals surface area contributed by atoms with Gasteiger partial charge in [0.1, 0.15) is 4.90 Å². The summed E-state index contributed by atoms with van der Waals surface area (Å²) >= 11 is 1.50. The molecule has 0 atom stereocenters. The number of nitrogens with one attached hydrogen (secondary N) is 2. The minimum atomic E-state index is -3.38. The first-order valence-corrected chi connectivity index (χ1v) is 9.02. The van der Waals surface area contributed by atoms with E-state index >= 15 is 0 Å². The average Bonchev–Trinajstić information content (AvgIpc) is 2.67. The lowest BCUT2D eigenvalue weighted by Gasteiger charge is -2.10. The van der Waals surface area contributed by atoms with Crippen LogP contribution in [0.25, 0.3) is 0 Å². The number of rotatable bonds is 8. The second kappa shape index (κ2) is 7.38. The van der Waals surface area contributed by atoms with Crippen molar-refractivity contribution in [3.05, 3.63) is 15.8 Å². The molecule has 0 amide bonds. The average molecular weight is 304 g/mol. The van der Waals surface area contributed by atoms with Crippen LogP contribution in [0, 0.1) is 12.8 Å². The van der Waals surface area contributed by atoms with Crippen molar-refractivity contribution in [2.75, 3.05) is 13.1 Å². The minimum Gasteiger partial charge on any atom is -0.312 e. The molecule has 0 unspecified atom stereocenters. The number of hydrogen-bond donors (Lipinski definition) is 2. The molecule has 6 heteroatoms. The highest BCUT2D eigenvalue weighted by molar-refractivity contribution is 7.89. The predicted molar refractivity (Wildman–Crippen MR) is 81.1 cm³/mol. The van der Waals surface area contributed by atoms with E-state index in [1.165, 1.54) is 11.3 Å². The third kappa shape index (κ3) is 4.87. The summed E-state index contributed by atoms with van der Waals surface area (Å²) in [7, 11) is -3.38. The molecule has 1 rings (SSSR count). The highest BCUT2D eigenvalue weighted by Crippen LogP contribution is 2.26. The van der Waals surface area contributed by atoms with E-state index in [2.05, 4.69) is 23.9 Å². The van der Waals surface area contributed by atoms with E-state index in [-0.39, 0.29) is 0 Å². The Balaban J connectivity index is 2.84. The number of hydrogen-bond acceptors (Lipinski definition) is 4. The molecule has 0 aliphatic carbocycles. The fourth-order valence-corrected chi connectivity index (χ4v) is 4.59. The van der Waals surface area contributed by atoms with Gasteiger partial charge in [0.25, 0.3) is 0 Å². The van der Waals surface area contributed by atoms with Crippen LogP contribution in [0.3, 0.4) is 0 Å². The summed E-state index contributed by atoms with van der Waals surface area (Å²) in [6.45, 7) is 9.96. The molecule has 1 aromatic heterocycles. The summed E-state index contributed by atoms with van der Waals surface area (Å²) in [5.41, 5.74) is 0.829. The fourth-order valence-electron chi connectivity index (χ4n) is 1.76. The second-order valence-electron chi connectivity index (χ2n) is 5.03. The summed E-state index contributed by atoms with van der Waals surface area (Å²) in [5, 5.41) is 5.09. The van der Waals surface area contributed by atoms with Crippen LogP contribution in [-0.2, 0) is 16.6 Å². The van der Waals surface area contributed by atoms with Gasteiger partial charge in [-0.2, -0.15) is 0 Å². The standard InChI is InChI=1S/C13H24N2O2S2/c1-5-14-8-12-13(11(4)9-18-12)19(16,17)15-7-6-10(2)3/h9-10,14-15H,5-8H2,1-4H3. The third-order valence-electron chi connectivity index (χ3n) is 2.81. The number of sulfonamides is 1. The Bertz CT molecular complexity index is 493. The molecule has 0 aliphatic heterocycles. The largest absolute Gasteiger partial charge is 0.312 e. The monoisotopic (exact) mass is 304 g/mol. The van der Waals surface area contributed by atoms with Crippen molar-refractivity contribution in [2.45, 2.75) is 45.6 Å². The molecular weight excluding hydrogens is 280 g/mol. The molecule has 0 aliphatic rings. The van der Waals surface area contributed by atoms with Gasteiger partial charge in [0.05, 0.1) is 0 Å². The first kappa shape index (κ1) is 16.6. The maximum Gasteiger partial charge on any atom is 0.241 e. The van der Waals surface area contributed by atoms with Gasteiger partial charge < -0.3 is 5.32 Å². The Morgan fingerprint density at radius 2 is 2.05 bits per heavy atom. The molecular formula is C13H24N2O2S2. The van der Waals surface area contributed by atoms with Gasteiger partial charge in [0.2, 0.25) is 10.0 Å². The lowest BCUT2D eigenvalue weighted by atomic mass is 10.1. The van der Waals surface area contributed by atoms with Crippen LogP contribution in [0.2, 0.25) is 0 Å². The first-order chi connectivity index (χ1) is 8.88. The van der Waals surface area contributed by atoms with Crippen molar-refractivity contribution in [1.29, 1.82) is 0 Å². The molecule has 1 heterocycles. The molecule has 0 spiro atoms. The maximum absolute atomic E-state index is 12.3. The minimum absolute atomic E-state index is 0.460. The van der Waals surface area contributed by atoms with Crippen LogP contribution < -0.4 is 10.0 Å². The first-order valence-electron chi connectivity index (χ1n) is 6.65. The normalized spacial score (nSPS) is 12.3. The van der Waals surface area contributed by atoms with Crippen LogP contribution in [-0.4, -0.2) is 21.5 Å². The number of aryl methyl sites for hydroxylation is 1. The van der Waals surface area contributed by atoms with E-state index in [4.69, 9.17) is 0 Å². The fraction of sp³-hybridized carbons (Fsp3) is 0.692. The van der Waals surface area contributed by atoms with Crippen LogP contribution in [0.4, 0.5) is 0 Å². The van der Waals surface area contributed by atoms with Gasteiger partial charge in [-0.3, -0.25) is 0 Å². The lowest BCUT2D eigenvalue weighted by Crippen LogP contribution is -2.27. The Morgan fingerprint density at radius 1 is 1.37 bits per heavy atom. The molecule has 19 heavy (non-hydrogen) atoms. The molecule has 0 aromatic carbocycles. The van der Waals surface area contributed by atoms with Gasteiger partial charge in [-0.25, -0.2) is 13.1 Å². The van der Waals surface area contributed by atoms with Crippen molar-refractivity contribution in [2.24, 2.45) is 5.92 Å². The van der Waals surface area contributed by atoms with Gasteiger partial charge >= 0.3 is 0 Å². The number of thiophene rings is 1. The Morgan fingerprint density at radius 3 is 2.63 bits per heavy atom. The molecule has 0 fully saturated rings. The second-order valence-corrected chi connectivity index (χ2v) is 7.70. The molecule has 0 bridgehead atoms.